The van der Waals surface area contributed by atoms with Crippen LogP contribution in [0.5, 0.6) is 5.75 Å². The van der Waals surface area contributed by atoms with Crippen LogP contribution in [-0.2, 0) is 6.42 Å². The average molecular weight is 566 g/mol. The van der Waals surface area contributed by atoms with Crippen LogP contribution in [0.4, 0.5) is 23.0 Å². The summed E-state index contributed by atoms with van der Waals surface area (Å²) in [5.74, 6) is 1.26. The molecule has 3 aliphatic heterocycles. The summed E-state index contributed by atoms with van der Waals surface area (Å²) in [6.07, 6.45) is 5.12. The fraction of sp³-hybridized carbons (Fsp3) is 0.633. The van der Waals surface area contributed by atoms with Crippen molar-refractivity contribution >= 4 is 28.9 Å². The van der Waals surface area contributed by atoms with E-state index in [1.165, 1.54) is 0 Å². The van der Waals surface area contributed by atoms with Crippen LogP contribution in [0.3, 0.4) is 0 Å². The monoisotopic (exact) mass is 565 g/mol. The number of ether oxygens (including phenoxy) is 1. The summed E-state index contributed by atoms with van der Waals surface area (Å²) < 4.78 is 6.12. The molecule has 5 N–H and O–H groups in total. The van der Waals surface area contributed by atoms with Gasteiger partial charge in [-0.2, -0.15) is 0 Å². The van der Waals surface area contributed by atoms with E-state index in [1.807, 2.05) is 26.0 Å². The molecule has 1 aromatic carbocycles. The first kappa shape index (κ1) is 29.3. The highest BCUT2D eigenvalue weighted by molar-refractivity contribution is 5.96. The van der Waals surface area contributed by atoms with Gasteiger partial charge in [0.2, 0.25) is 0 Å². The summed E-state index contributed by atoms with van der Waals surface area (Å²) in [6, 6.07) is 7.03. The van der Waals surface area contributed by atoms with Gasteiger partial charge in [-0.05, 0) is 64.8 Å². The molecule has 0 bridgehead atoms. The third kappa shape index (κ3) is 7.20. The zero-order valence-electron chi connectivity index (χ0n) is 24.9. The number of piperidine rings is 2. The molecular formula is C30H47N9O2. The molecule has 11 heteroatoms. The van der Waals surface area contributed by atoms with Gasteiger partial charge in [0.1, 0.15) is 5.75 Å². The maximum atomic E-state index is 12.4. The Morgan fingerprint density at radius 3 is 2.51 bits per heavy atom. The second-order valence-electron chi connectivity index (χ2n) is 11.4. The van der Waals surface area contributed by atoms with E-state index in [1.54, 1.807) is 0 Å². The number of anilines is 4. The summed E-state index contributed by atoms with van der Waals surface area (Å²) in [6.45, 7) is 13.1. The van der Waals surface area contributed by atoms with Crippen LogP contribution in [0.1, 0.15) is 55.7 Å². The molecule has 4 heterocycles. The van der Waals surface area contributed by atoms with Crippen LogP contribution in [0.2, 0.25) is 0 Å². The molecule has 224 valence electrons. The number of nitrogens with one attached hydrogen (secondary N) is 3. The van der Waals surface area contributed by atoms with Crippen molar-refractivity contribution in [1.82, 2.24) is 25.1 Å². The van der Waals surface area contributed by atoms with Gasteiger partial charge >= 0.3 is 0 Å². The Kier molecular flexibility index (Phi) is 9.79. The van der Waals surface area contributed by atoms with E-state index in [0.717, 1.165) is 101 Å². The Labute approximate surface area is 244 Å². The fourth-order valence-corrected chi connectivity index (χ4v) is 6.18. The van der Waals surface area contributed by atoms with Crippen molar-refractivity contribution in [3.8, 4) is 5.75 Å². The zero-order chi connectivity index (χ0) is 28.8. The van der Waals surface area contributed by atoms with Gasteiger partial charge in [0, 0.05) is 69.7 Å². The number of primary amides is 1. The highest BCUT2D eigenvalue weighted by atomic mass is 16.5. The second kappa shape index (κ2) is 13.7. The number of nitrogens with two attached hydrogens (primary N) is 1. The molecule has 1 amide bonds. The van der Waals surface area contributed by atoms with Gasteiger partial charge in [-0.15, -0.1) is 0 Å². The SMILES string of the molecule is CCOc1cc(Nc2nc(N[C@@H]3CCCNC3)c(CC)nc2C(N)=O)ccc1N1CCC(N2CCN(C)CC2)CC1. The highest BCUT2D eigenvalue weighted by Gasteiger charge is 2.28. The number of hydrogen-bond donors (Lipinski definition) is 4. The topological polar surface area (TPSA) is 124 Å². The van der Waals surface area contributed by atoms with Gasteiger partial charge in [-0.3, -0.25) is 9.69 Å². The van der Waals surface area contributed by atoms with E-state index in [2.05, 4.69) is 48.7 Å². The van der Waals surface area contributed by atoms with E-state index in [0.29, 0.717) is 30.7 Å². The molecule has 0 saturated carbocycles. The molecule has 3 aliphatic rings. The minimum absolute atomic E-state index is 0.141. The Balaban J connectivity index is 1.33. The van der Waals surface area contributed by atoms with Crippen molar-refractivity contribution in [3.05, 3.63) is 29.6 Å². The molecule has 5 rings (SSSR count). The van der Waals surface area contributed by atoms with E-state index >= 15 is 0 Å². The lowest BCUT2D eigenvalue weighted by molar-refractivity contribution is 0.0981. The number of benzene rings is 1. The Bertz CT molecular complexity index is 1170. The van der Waals surface area contributed by atoms with Gasteiger partial charge in [0.15, 0.2) is 17.3 Å². The lowest BCUT2D eigenvalue weighted by Gasteiger charge is -2.42. The van der Waals surface area contributed by atoms with Crippen molar-refractivity contribution < 1.29 is 9.53 Å². The lowest BCUT2D eigenvalue weighted by atomic mass is 10.0. The number of carbonyl (C=O) groups excluding carboxylic acids is 1. The van der Waals surface area contributed by atoms with Gasteiger partial charge in [0.05, 0.1) is 18.0 Å². The summed E-state index contributed by atoms with van der Waals surface area (Å²) >= 11 is 0. The number of carbonyl (C=O) groups is 1. The number of piperazine rings is 1. The van der Waals surface area contributed by atoms with Gasteiger partial charge in [-0.1, -0.05) is 6.92 Å². The molecule has 1 aromatic heterocycles. The number of hydrogen-bond acceptors (Lipinski definition) is 10. The summed E-state index contributed by atoms with van der Waals surface area (Å²) in [5, 5.41) is 10.3. The maximum absolute atomic E-state index is 12.4. The van der Waals surface area contributed by atoms with Crippen LogP contribution in [0.15, 0.2) is 18.2 Å². The minimum atomic E-state index is -0.606. The van der Waals surface area contributed by atoms with Crippen molar-refractivity contribution in [2.45, 2.75) is 58.0 Å². The average Bonchev–Trinajstić information content (AvgIpc) is 2.99. The van der Waals surface area contributed by atoms with E-state index in [4.69, 9.17) is 15.5 Å². The van der Waals surface area contributed by atoms with E-state index in [-0.39, 0.29) is 11.7 Å². The Morgan fingerprint density at radius 1 is 1.07 bits per heavy atom. The number of aryl methyl sites for hydroxylation is 1. The third-order valence-electron chi connectivity index (χ3n) is 8.56. The number of rotatable bonds is 10. The first-order valence-electron chi connectivity index (χ1n) is 15.3. The van der Waals surface area contributed by atoms with Crippen LogP contribution in [0.25, 0.3) is 0 Å². The van der Waals surface area contributed by atoms with Gasteiger partial charge < -0.3 is 36.2 Å². The van der Waals surface area contributed by atoms with Crippen molar-refractivity contribution in [3.63, 3.8) is 0 Å². The van der Waals surface area contributed by atoms with Gasteiger partial charge in [0.25, 0.3) is 5.91 Å². The van der Waals surface area contributed by atoms with E-state index in [9.17, 15) is 4.79 Å². The molecular weight excluding hydrogens is 518 g/mol. The Morgan fingerprint density at radius 2 is 1.85 bits per heavy atom. The molecule has 3 fully saturated rings. The minimum Gasteiger partial charge on any atom is -0.492 e. The number of likely N-dealkylation sites (N-methyl/N-ethyl adjacent to an activating group) is 1. The first-order valence-corrected chi connectivity index (χ1v) is 15.3. The predicted molar refractivity (Wildman–Crippen MR) is 165 cm³/mol. The second-order valence-corrected chi connectivity index (χ2v) is 11.4. The standard InChI is InChI=1S/C30H47N9O2/c1-4-24-29(34-22-7-6-12-32-20-22)36-30(27(35-24)28(31)40)33-21-8-9-25(26(19-21)41-5-2)39-13-10-23(11-14-39)38-17-15-37(3)16-18-38/h8-9,19,22-23,32H,4-7,10-18,20H2,1-3H3,(H2,31,40)(H2,33,34,36)/t22-/m1/s1. The summed E-state index contributed by atoms with van der Waals surface area (Å²) in [5.41, 5.74) is 8.50. The molecule has 3 saturated heterocycles. The van der Waals surface area contributed by atoms with Crippen LogP contribution in [0, 0.1) is 0 Å². The van der Waals surface area contributed by atoms with Crippen molar-refractivity contribution in [1.29, 1.82) is 0 Å². The smallest absolute Gasteiger partial charge is 0.271 e. The molecule has 0 radical (unpaired) electrons. The fourth-order valence-electron chi connectivity index (χ4n) is 6.18. The van der Waals surface area contributed by atoms with Crippen LogP contribution in [-0.4, -0.2) is 104 Å². The van der Waals surface area contributed by atoms with Crippen molar-refractivity contribution in [2.24, 2.45) is 5.73 Å². The molecule has 0 spiro atoms. The maximum Gasteiger partial charge on any atom is 0.271 e. The van der Waals surface area contributed by atoms with Crippen molar-refractivity contribution in [2.75, 3.05) is 81.5 Å². The largest absolute Gasteiger partial charge is 0.492 e. The molecule has 11 nitrogen and oxygen atoms in total. The molecule has 41 heavy (non-hydrogen) atoms. The third-order valence-corrected chi connectivity index (χ3v) is 8.56. The summed E-state index contributed by atoms with van der Waals surface area (Å²) in [7, 11) is 2.21. The lowest BCUT2D eigenvalue weighted by Crippen LogP contribution is -2.52. The van der Waals surface area contributed by atoms with E-state index < -0.39 is 5.91 Å². The molecule has 2 aromatic rings. The highest BCUT2D eigenvalue weighted by Crippen LogP contribution is 2.35. The van der Waals surface area contributed by atoms with Crippen LogP contribution < -0.4 is 31.3 Å². The van der Waals surface area contributed by atoms with Crippen LogP contribution >= 0.6 is 0 Å². The summed E-state index contributed by atoms with van der Waals surface area (Å²) in [4.78, 5) is 29.4. The quantitative estimate of drug-likeness (QED) is 0.342. The normalized spacial score (nSPS) is 21.0. The molecule has 0 aliphatic carbocycles. The van der Waals surface area contributed by atoms with Gasteiger partial charge in [-0.25, -0.2) is 9.97 Å². The Hall–Kier alpha value is -3.15. The molecule has 1 atom stereocenters. The molecule has 0 unspecified atom stereocenters. The number of nitrogens with zero attached hydrogens (tertiary/aromatic N) is 5. The predicted octanol–water partition coefficient (Wildman–Crippen LogP) is 2.66. The zero-order valence-corrected chi connectivity index (χ0v) is 24.9. The first-order chi connectivity index (χ1) is 19.9. The number of amides is 1. The number of aromatic nitrogens is 2.